The summed E-state index contributed by atoms with van der Waals surface area (Å²) >= 11 is 2.99. The number of carbonyl (C=O) groups is 4. The lowest BCUT2D eigenvalue weighted by molar-refractivity contribution is -0.158. The molecule has 0 radical (unpaired) electrons. The third kappa shape index (κ3) is 23.0. The van der Waals surface area contributed by atoms with E-state index in [0.29, 0.717) is 0 Å². The van der Waals surface area contributed by atoms with Crippen molar-refractivity contribution in [1.29, 1.82) is 0 Å². The van der Waals surface area contributed by atoms with Gasteiger partial charge in [0.25, 0.3) is 0 Å². The van der Waals surface area contributed by atoms with Crippen LogP contribution in [0.15, 0.2) is 120 Å². The van der Waals surface area contributed by atoms with Crippen molar-refractivity contribution in [2.24, 2.45) is 11.8 Å². The molecule has 2 aromatic rings. The quantitative estimate of drug-likeness (QED) is 0.0564. The van der Waals surface area contributed by atoms with Crippen LogP contribution in [0.2, 0.25) is 0 Å². The zero-order chi connectivity index (χ0) is 55.0. The largest absolute Gasteiger partial charge is 0.457 e. The second-order valence-corrected chi connectivity index (χ2v) is 20.6. The molecule has 6 N–H and O–H groups in total. The van der Waals surface area contributed by atoms with Crippen molar-refractivity contribution < 1.29 is 68.8 Å². The molecule has 4 rings (SSSR count). The van der Waals surface area contributed by atoms with Crippen LogP contribution in [0, 0.1) is 11.8 Å². The van der Waals surface area contributed by atoms with Crippen molar-refractivity contribution in [3.05, 3.63) is 130 Å². The number of rotatable bonds is 10. The summed E-state index contributed by atoms with van der Waals surface area (Å²) in [5.74, 6) is -2.64. The van der Waals surface area contributed by atoms with Gasteiger partial charge in [-0.15, -0.1) is 22.7 Å². The van der Waals surface area contributed by atoms with Gasteiger partial charge in [0.2, 0.25) is 0 Å². The van der Waals surface area contributed by atoms with Gasteiger partial charge < -0.3 is 49.6 Å². The van der Waals surface area contributed by atoms with Crippen molar-refractivity contribution in [3.8, 4) is 0 Å². The number of cyclic esters (lactones) is 2. The first kappa shape index (κ1) is 65.2. The van der Waals surface area contributed by atoms with E-state index in [-0.39, 0.29) is 50.4 Å². The summed E-state index contributed by atoms with van der Waals surface area (Å²) in [4.78, 5) is 49.4. The fourth-order valence-electron chi connectivity index (χ4n) is 7.34. The number of aliphatic hydroxyl groups is 6. The van der Waals surface area contributed by atoms with E-state index in [2.05, 4.69) is 13.2 Å². The van der Waals surface area contributed by atoms with E-state index in [1.807, 2.05) is 76.6 Å². The molecule has 0 saturated heterocycles. The molecule has 0 fully saturated rings. The summed E-state index contributed by atoms with van der Waals surface area (Å²) in [6, 6.07) is 7.54. The average Bonchev–Trinajstić information content (AvgIpc) is 4.06. The molecule has 2 aliphatic rings. The molecule has 0 amide bonds. The number of hydrogen-bond donors (Lipinski definition) is 6. The first-order valence-corrected chi connectivity index (χ1v) is 26.0. The van der Waals surface area contributed by atoms with Crippen LogP contribution in [0.5, 0.6) is 0 Å². The molecule has 72 heavy (non-hydrogen) atoms. The molecule has 2 aromatic heterocycles. The van der Waals surface area contributed by atoms with Gasteiger partial charge in [0.1, 0.15) is 46.8 Å². The summed E-state index contributed by atoms with van der Waals surface area (Å²) in [6.45, 7) is 27.6. The highest BCUT2D eigenvalue weighted by molar-refractivity contribution is 7.10. The first-order valence-electron chi connectivity index (χ1n) is 24.3. The highest BCUT2D eigenvalue weighted by Gasteiger charge is 2.37. The van der Waals surface area contributed by atoms with Gasteiger partial charge in [-0.25, -0.2) is 0 Å². The van der Waals surface area contributed by atoms with Crippen LogP contribution in [0.25, 0.3) is 0 Å². The summed E-state index contributed by atoms with van der Waals surface area (Å²) in [5, 5.41) is 66.1. The Balaban J connectivity index is 0.000000598. The molecule has 0 spiro atoms. The van der Waals surface area contributed by atoms with Crippen LogP contribution < -0.4 is 0 Å². The Hall–Kier alpha value is -4.78. The van der Waals surface area contributed by atoms with E-state index in [1.165, 1.54) is 36.5 Å². The van der Waals surface area contributed by atoms with Gasteiger partial charge in [0, 0.05) is 35.4 Å². The van der Waals surface area contributed by atoms with Gasteiger partial charge in [-0.1, -0.05) is 95.5 Å². The molecule has 402 valence electrons. The third-order valence-electron chi connectivity index (χ3n) is 11.7. The van der Waals surface area contributed by atoms with E-state index in [1.54, 1.807) is 88.5 Å². The normalized spacial score (nSPS) is 30.4. The Labute approximate surface area is 435 Å². The van der Waals surface area contributed by atoms with E-state index in [4.69, 9.17) is 18.9 Å². The lowest BCUT2D eigenvalue weighted by Gasteiger charge is -2.32. The Morgan fingerprint density at radius 2 is 1.10 bits per heavy atom. The lowest BCUT2D eigenvalue weighted by Crippen LogP contribution is -2.42. The van der Waals surface area contributed by atoms with Crippen LogP contribution in [0.1, 0.15) is 131 Å². The Morgan fingerprint density at radius 1 is 0.708 bits per heavy atom. The molecule has 0 bridgehead atoms. The Morgan fingerprint density at radius 3 is 1.44 bits per heavy atom. The van der Waals surface area contributed by atoms with Crippen molar-refractivity contribution in [3.63, 3.8) is 0 Å². The predicted molar refractivity (Wildman–Crippen MR) is 285 cm³/mol. The topological polar surface area (TPSA) is 227 Å². The van der Waals surface area contributed by atoms with Gasteiger partial charge in [-0.05, 0) is 119 Å². The number of thiophene rings is 2. The van der Waals surface area contributed by atoms with Crippen LogP contribution in [0.3, 0.4) is 0 Å². The van der Waals surface area contributed by atoms with E-state index < -0.39 is 82.9 Å². The van der Waals surface area contributed by atoms with Gasteiger partial charge in [-0.3, -0.25) is 19.2 Å². The predicted octanol–water partition coefficient (Wildman–Crippen LogP) is 9.41. The SMILES string of the molecule is C=C/C=C(\C)[C@H]1OC(=O)C[C@H](O)CC[C@@](C)(O)[C@@H](OC(C)=O)/C=C/[C@@H]1C.C=CC(C)(O)c1cccs1.CC.CC(=O)O[C@H]1/C=C/[C@H](C)[C@@H](/C(C)=C/C=C/C(C)(O)c2cccs2)OC(=O)C[C@H](O)CC[C@@]1(C)O. The van der Waals surface area contributed by atoms with E-state index in [0.717, 1.165) is 20.9 Å². The monoisotopic (exact) mass is 1040 g/mol. The molecule has 2 unspecified atom stereocenters. The minimum Gasteiger partial charge on any atom is -0.457 e. The zero-order valence-corrected chi connectivity index (χ0v) is 45.9. The first-order chi connectivity index (χ1) is 33.5. The fourth-order valence-corrected chi connectivity index (χ4v) is 8.89. The van der Waals surface area contributed by atoms with Gasteiger partial charge in [-0.2, -0.15) is 0 Å². The molecule has 14 nitrogen and oxygen atoms in total. The second kappa shape index (κ2) is 31.1. The molecular formula is C56H82O14S2. The highest BCUT2D eigenvalue weighted by atomic mass is 32.1. The van der Waals surface area contributed by atoms with Crippen LogP contribution in [-0.4, -0.2) is 102 Å². The van der Waals surface area contributed by atoms with Gasteiger partial charge in [0.15, 0.2) is 0 Å². The number of allylic oxidation sites excluding steroid dienone is 4. The molecule has 16 heteroatoms. The maximum Gasteiger partial charge on any atom is 0.309 e. The van der Waals surface area contributed by atoms with Crippen molar-refractivity contribution in [2.75, 3.05) is 0 Å². The molecule has 0 aromatic carbocycles. The maximum absolute atomic E-state index is 12.5. The number of ether oxygens (including phenoxy) is 4. The van der Waals surface area contributed by atoms with Crippen LogP contribution in [0.4, 0.5) is 0 Å². The summed E-state index contributed by atoms with van der Waals surface area (Å²) in [6.07, 6.45) is 12.1. The van der Waals surface area contributed by atoms with Crippen LogP contribution in [-0.2, 0) is 49.3 Å². The minimum absolute atomic E-state index is 0.134. The molecule has 12 atom stereocenters. The zero-order valence-electron chi connectivity index (χ0n) is 44.3. The van der Waals surface area contributed by atoms with E-state index >= 15 is 0 Å². The number of hydrogen-bond acceptors (Lipinski definition) is 16. The molecule has 2 aliphatic heterocycles. The number of esters is 4. The van der Waals surface area contributed by atoms with Crippen molar-refractivity contribution in [2.45, 2.75) is 181 Å². The van der Waals surface area contributed by atoms with Crippen molar-refractivity contribution >= 4 is 46.6 Å². The summed E-state index contributed by atoms with van der Waals surface area (Å²) < 4.78 is 21.9. The fraction of sp³-hybridized carbons (Fsp3) is 0.536. The molecule has 0 saturated carbocycles. The minimum atomic E-state index is -1.41. The number of aliphatic hydroxyl groups excluding tert-OH is 2. The average molecular weight is 1040 g/mol. The number of carbonyl (C=O) groups excluding carboxylic acids is 4. The highest BCUT2D eigenvalue weighted by Crippen LogP contribution is 2.31. The molecular weight excluding hydrogens is 961 g/mol. The van der Waals surface area contributed by atoms with Crippen molar-refractivity contribution in [1.82, 2.24) is 0 Å². The summed E-state index contributed by atoms with van der Waals surface area (Å²) in [5.41, 5.74) is -3.24. The third-order valence-corrected chi connectivity index (χ3v) is 13.9. The lowest BCUT2D eigenvalue weighted by atomic mass is 9.88. The van der Waals surface area contributed by atoms with Gasteiger partial charge >= 0.3 is 23.9 Å². The van der Waals surface area contributed by atoms with Crippen LogP contribution >= 0.6 is 22.7 Å². The Bertz CT molecular complexity index is 2140. The molecule has 0 aliphatic carbocycles. The maximum atomic E-state index is 12.5. The summed E-state index contributed by atoms with van der Waals surface area (Å²) in [7, 11) is 0. The van der Waals surface area contributed by atoms with Gasteiger partial charge in [0.05, 0.1) is 25.0 Å². The second-order valence-electron chi connectivity index (χ2n) is 18.7. The smallest absolute Gasteiger partial charge is 0.309 e. The Kier molecular flexibility index (Phi) is 28.1. The standard InChI is InChI=1S/C26H36O7S.C20H30O6.C8H10OS.C2H6/c1-17(8-6-13-26(5,31)22-9-7-15-34-22)24-18(2)10-11-21(32-19(3)27)25(4,30)14-12-20(28)16-23(29)33-24;1-6-7-13(2)19-14(3)8-9-17(25-15(4)21)20(5,24)11-10-16(22)12-18(23)26-19;1-3-8(2,9)7-5-4-6-10-7;1-2/h6-11,13,15,18,20-21,24,28,30-31H,12,14,16H2,1-5H3;6-9,14,16-17,19,22,24H,1,10-12H2,2-5H3;3-6,9H,1H2,2H3;1-2H3/b11-10+,13-6+,17-8+;9-8+,13-7+;;/t18-,20+,21-,24+,25+,26?;14-,16+,17-,19+,20+;;/m00../s1. The van der Waals surface area contributed by atoms with E-state index in [9.17, 15) is 49.8 Å². The molecule has 4 heterocycles.